The molecule has 3 fully saturated rings. The number of benzene rings is 1. The molecule has 1 aromatic heterocycles. The Morgan fingerprint density at radius 1 is 1.08 bits per heavy atom. The summed E-state index contributed by atoms with van der Waals surface area (Å²) in [5.74, 6) is 0.462. The van der Waals surface area contributed by atoms with Gasteiger partial charge in [-0.25, -0.2) is 0 Å². The van der Waals surface area contributed by atoms with Gasteiger partial charge in [-0.1, -0.05) is 75.4 Å². The number of aliphatic hydroxyl groups excluding tert-OH is 2. The van der Waals surface area contributed by atoms with Crippen molar-refractivity contribution in [3.63, 3.8) is 0 Å². The Balaban J connectivity index is 0.000000284. The van der Waals surface area contributed by atoms with Crippen molar-refractivity contribution in [2.45, 2.75) is 104 Å². The summed E-state index contributed by atoms with van der Waals surface area (Å²) in [4.78, 5) is 28.6. The highest BCUT2D eigenvalue weighted by Gasteiger charge is 2.42. The maximum atomic E-state index is 11.2. The fraction of sp³-hybridized carbons (Fsp3) is 0.658. The molecule has 9 nitrogen and oxygen atoms in total. The van der Waals surface area contributed by atoms with Crippen molar-refractivity contribution in [1.29, 1.82) is 0 Å². The third kappa shape index (κ3) is 10.2. The Bertz CT molecular complexity index is 1260. The number of unbranched alkanes of at least 4 members (excludes halogenated alkanes) is 2. The lowest BCUT2D eigenvalue weighted by molar-refractivity contribution is -0.152. The summed E-state index contributed by atoms with van der Waals surface area (Å²) in [6, 6.07) is 7.96. The second-order valence-corrected chi connectivity index (χ2v) is 13.9. The molecule has 4 heterocycles. The summed E-state index contributed by atoms with van der Waals surface area (Å²) in [5.41, 5.74) is 0.422. The Morgan fingerprint density at radius 3 is 2.17 bits per heavy atom. The van der Waals surface area contributed by atoms with Crippen LogP contribution >= 0.6 is 15.9 Å². The lowest BCUT2D eigenvalue weighted by Gasteiger charge is -2.50. The predicted molar refractivity (Wildman–Crippen MR) is 196 cm³/mol. The van der Waals surface area contributed by atoms with Crippen molar-refractivity contribution >= 4 is 38.8 Å². The molecule has 3 aliphatic heterocycles. The first-order valence-electron chi connectivity index (χ1n) is 17.6. The van der Waals surface area contributed by atoms with Crippen LogP contribution < -0.4 is 4.74 Å². The summed E-state index contributed by atoms with van der Waals surface area (Å²) < 4.78 is 5.35. The molecular weight excluding hydrogens is 676 g/mol. The van der Waals surface area contributed by atoms with E-state index >= 15 is 0 Å². The monoisotopic (exact) mass is 734 g/mol. The number of hydrogen-bond donors (Lipinski definition) is 4. The second-order valence-electron chi connectivity index (χ2n) is 13.4. The molecule has 48 heavy (non-hydrogen) atoms. The maximum Gasteiger partial charge on any atom is 0.311 e. The number of nitrogens with zero attached hydrogens (tertiary/aromatic N) is 2. The molecule has 7 atom stereocenters. The minimum Gasteiger partial charge on any atom is -0.497 e. The lowest BCUT2D eigenvalue weighted by Crippen LogP contribution is -2.54. The number of halogens is 1. The van der Waals surface area contributed by atoms with E-state index in [4.69, 9.17) is 20.1 Å². The summed E-state index contributed by atoms with van der Waals surface area (Å²) >= 11 is 3.28. The third-order valence-electron chi connectivity index (χ3n) is 10.7. The lowest BCUT2D eigenvalue weighted by atomic mass is 9.73. The smallest absolute Gasteiger partial charge is 0.311 e. The minimum atomic E-state index is -0.893. The third-order valence-corrected chi connectivity index (χ3v) is 11.7. The number of carboxylic acid groups (broad SMARTS) is 2. The van der Waals surface area contributed by atoms with E-state index < -0.39 is 28.9 Å². The fourth-order valence-corrected chi connectivity index (χ4v) is 7.74. The summed E-state index contributed by atoms with van der Waals surface area (Å²) in [5, 5.41) is 39.6. The quantitative estimate of drug-likeness (QED) is 0.100. The van der Waals surface area contributed by atoms with Crippen molar-refractivity contribution in [2.24, 2.45) is 22.7 Å². The average Bonchev–Trinajstić information content (AvgIpc) is 3.12. The molecule has 2 aromatic rings. The molecule has 2 bridgehead atoms. The van der Waals surface area contributed by atoms with Crippen LogP contribution in [0.3, 0.4) is 0 Å². The van der Waals surface area contributed by atoms with Crippen LogP contribution in [0.2, 0.25) is 0 Å². The fourth-order valence-electron chi connectivity index (χ4n) is 6.82. The molecule has 0 radical (unpaired) electrons. The molecule has 5 rings (SSSR count). The number of aliphatic hydroxyl groups is 2. The Hall–Kier alpha value is -2.53. The van der Waals surface area contributed by atoms with Gasteiger partial charge in [-0.05, 0) is 86.7 Å². The number of alkyl halides is 1. The number of fused-ring (bicyclic) bond motifs is 4. The molecule has 0 saturated carbocycles. The van der Waals surface area contributed by atoms with Crippen LogP contribution in [-0.2, 0) is 9.59 Å². The zero-order valence-corrected chi connectivity index (χ0v) is 31.3. The molecule has 4 unspecified atom stereocenters. The van der Waals surface area contributed by atoms with Gasteiger partial charge in [-0.2, -0.15) is 0 Å². The van der Waals surface area contributed by atoms with Crippen LogP contribution in [0, 0.1) is 22.7 Å². The number of aliphatic carboxylic acids is 2. The van der Waals surface area contributed by atoms with Crippen LogP contribution in [0.25, 0.3) is 10.9 Å². The zero-order chi connectivity index (χ0) is 35.9. The first-order chi connectivity index (χ1) is 23.0. The number of methoxy groups -OCH3 is 1. The van der Waals surface area contributed by atoms with E-state index in [2.05, 4.69) is 45.4 Å². The van der Waals surface area contributed by atoms with Crippen molar-refractivity contribution in [1.82, 2.24) is 9.88 Å². The highest BCUT2D eigenvalue weighted by atomic mass is 79.9. The van der Waals surface area contributed by atoms with Crippen LogP contribution in [0.1, 0.15) is 104 Å². The van der Waals surface area contributed by atoms with Gasteiger partial charge in [-0.15, -0.1) is 6.58 Å². The average molecular weight is 736 g/mol. The highest BCUT2D eigenvalue weighted by molar-refractivity contribution is 9.09. The molecule has 3 saturated heterocycles. The topological polar surface area (TPSA) is 140 Å². The van der Waals surface area contributed by atoms with Gasteiger partial charge in [0.1, 0.15) is 5.75 Å². The van der Waals surface area contributed by atoms with Crippen molar-refractivity contribution in [3.8, 4) is 5.75 Å². The molecule has 1 aromatic carbocycles. The van der Waals surface area contributed by atoms with Gasteiger partial charge in [0.25, 0.3) is 0 Å². The summed E-state index contributed by atoms with van der Waals surface area (Å²) in [6.45, 7) is 13.7. The summed E-state index contributed by atoms with van der Waals surface area (Å²) in [7, 11) is 1.66. The second kappa shape index (κ2) is 20.2. The standard InChI is InChI=1S/C20H24N2O2.C9H17BrO2.C9H18O3/c1-3-13-12-22-9-7-14(13)10-19(22)20(23)16-6-8-21-18-5-4-15(24-2)11-17(16)18;2*1-3-5-6-9(4-2,7-10)8(11)12/h3-6,8,11,13-14,19-20,23H,1,7,9-10,12H2,2H3;3-7H2,1-2H3,(H,11,12);10H,3-7H2,1-2H3,(H,11,12)/t13?,14?,19?,20-;2*9-/m011/s1. The first-order valence-corrected chi connectivity index (χ1v) is 18.7. The largest absolute Gasteiger partial charge is 0.497 e. The first kappa shape index (κ1) is 41.6. The van der Waals surface area contributed by atoms with E-state index in [1.165, 1.54) is 6.42 Å². The van der Waals surface area contributed by atoms with Crippen molar-refractivity contribution in [2.75, 3.05) is 32.1 Å². The number of carbonyl (C=O) groups is 2. The van der Waals surface area contributed by atoms with E-state index in [0.29, 0.717) is 36.4 Å². The SMILES string of the molecule is C=CC1CN2CCC1CC2[C@@H](O)c1ccnc2ccc(OC)cc12.CCCC[C@](CC)(CBr)C(=O)O.CCCC[C@](CC)(CO)C(=O)O. The minimum absolute atomic E-state index is 0.178. The van der Waals surface area contributed by atoms with Crippen LogP contribution in [0.4, 0.5) is 0 Å². The van der Waals surface area contributed by atoms with E-state index in [0.717, 1.165) is 73.8 Å². The van der Waals surface area contributed by atoms with Gasteiger partial charge in [0.2, 0.25) is 0 Å². The van der Waals surface area contributed by atoms with E-state index in [1.54, 1.807) is 20.2 Å². The van der Waals surface area contributed by atoms with Gasteiger partial charge in [-0.3, -0.25) is 19.5 Å². The molecule has 0 amide bonds. The van der Waals surface area contributed by atoms with Gasteiger partial charge in [0, 0.05) is 29.5 Å². The molecule has 0 spiro atoms. The molecular formula is C38H59BrN2O7. The number of rotatable bonds is 16. The predicted octanol–water partition coefficient (Wildman–Crippen LogP) is 7.88. The number of ether oxygens (including phenoxy) is 1. The van der Waals surface area contributed by atoms with Gasteiger partial charge >= 0.3 is 11.9 Å². The molecule has 4 N–H and O–H groups in total. The van der Waals surface area contributed by atoms with E-state index in [9.17, 15) is 14.7 Å². The number of pyridine rings is 1. The number of carboxylic acids is 2. The summed E-state index contributed by atoms with van der Waals surface area (Å²) in [6.07, 6.45) is 12.1. The van der Waals surface area contributed by atoms with Gasteiger partial charge < -0.3 is 25.2 Å². The highest BCUT2D eigenvalue weighted by Crippen LogP contribution is 2.42. The molecule has 10 heteroatoms. The maximum absolute atomic E-state index is 11.2. The van der Waals surface area contributed by atoms with Crippen LogP contribution in [-0.4, -0.2) is 80.4 Å². The Morgan fingerprint density at radius 2 is 1.71 bits per heavy atom. The number of aromatic nitrogens is 1. The Kier molecular flexibility index (Phi) is 17.5. The van der Waals surface area contributed by atoms with E-state index in [-0.39, 0.29) is 12.6 Å². The van der Waals surface area contributed by atoms with Crippen molar-refractivity contribution < 1.29 is 34.8 Å². The number of piperidine rings is 3. The van der Waals surface area contributed by atoms with Gasteiger partial charge in [0.15, 0.2) is 0 Å². The van der Waals surface area contributed by atoms with E-state index in [1.807, 2.05) is 38.1 Å². The normalized spacial score (nSPS) is 22.9. The zero-order valence-electron chi connectivity index (χ0n) is 29.7. The molecule has 3 aliphatic rings. The van der Waals surface area contributed by atoms with Gasteiger partial charge in [0.05, 0.1) is 36.2 Å². The van der Waals surface area contributed by atoms with Crippen LogP contribution in [0.15, 0.2) is 43.1 Å². The van der Waals surface area contributed by atoms with Crippen molar-refractivity contribution in [3.05, 3.63) is 48.7 Å². The van der Waals surface area contributed by atoms with Crippen LogP contribution in [0.5, 0.6) is 5.75 Å². The Labute approximate surface area is 295 Å². The molecule has 0 aliphatic carbocycles. The molecule has 270 valence electrons. The number of hydrogen-bond acceptors (Lipinski definition) is 7.